The lowest BCUT2D eigenvalue weighted by Crippen LogP contribution is -2.59. The molecule has 2 aliphatic heterocycles. The van der Waals surface area contributed by atoms with Gasteiger partial charge in [-0.1, -0.05) is 6.92 Å². The highest BCUT2D eigenvalue weighted by Crippen LogP contribution is 2.30. The first-order valence-corrected chi connectivity index (χ1v) is 12.7. The maximum atomic E-state index is 10.7. The van der Waals surface area contributed by atoms with Crippen molar-refractivity contribution < 1.29 is 58.8 Å². The lowest BCUT2D eigenvalue weighted by atomic mass is 9.86. The number of methoxy groups -OCH3 is 1. The van der Waals surface area contributed by atoms with Crippen LogP contribution in [0.25, 0.3) is 0 Å². The lowest BCUT2D eigenvalue weighted by molar-refractivity contribution is -0.873. The Morgan fingerprint density at radius 2 is 1.31 bits per heavy atom. The highest BCUT2D eigenvalue weighted by atomic mass is 16.6. The fourth-order valence-corrected chi connectivity index (χ4v) is 4.94. The van der Waals surface area contributed by atoms with Crippen LogP contribution in [0.5, 0.6) is 0 Å². The number of ether oxygens (including phenoxy) is 5. The molecule has 0 aliphatic carbocycles. The number of rotatable bonds is 14. The molecule has 0 spiro atoms. The molecule has 0 radical (unpaired) electrons. The second kappa shape index (κ2) is 14.6. The van der Waals surface area contributed by atoms with E-state index in [9.17, 15) is 30.6 Å². The molecule has 12 nitrogen and oxygen atoms in total. The summed E-state index contributed by atoms with van der Waals surface area (Å²) in [5.41, 5.74) is 0. The van der Waals surface area contributed by atoms with Crippen LogP contribution in [0, 0.1) is 11.8 Å². The van der Waals surface area contributed by atoms with E-state index < -0.39 is 66.8 Å². The molecular formula is C24H48NO11+. The Bertz CT molecular complexity index is 619. The Morgan fingerprint density at radius 1 is 0.750 bits per heavy atom. The van der Waals surface area contributed by atoms with Gasteiger partial charge >= 0.3 is 0 Å². The number of aliphatic hydroxyl groups excluding tert-OH is 6. The van der Waals surface area contributed by atoms with Crippen LogP contribution in [-0.2, 0) is 23.7 Å². The zero-order valence-corrected chi connectivity index (χ0v) is 22.2. The van der Waals surface area contributed by atoms with Crippen LogP contribution in [0.2, 0.25) is 0 Å². The molecule has 36 heavy (non-hydrogen) atoms. The molecule has 2 fully saturated rings. The van der Waals surface area contributed by atoms with Crippen LogP contribution in [0.4, 0.5) is 0 Å². The molecule has 11 unspecified atom stereocenters. The van der Waals surface area contributed by atoms with Crippen LogP contribution < -0.4 is 0 Å². The van der Waals surface area contributed by atoms with Crippen LogP contribution in [0.15, 0.2) is 0 Å². The van der Waals surface area contributed by atoms with E-state index in [4.69, 9.17) is 23.7 Å². The summed E-state index contributed by atoms with van der Waals surface area (Å²) in [4.78, 5) is 0. The monoisotopic (exact) mass is 526 g/mol. The topological polar surface area (TPSA) is 168 Å². The molecule has 12 heteroatoms. The number of hydrogen-bond donors (Lipinski definition) is 6. The molecule has 0 aromatic carbocycles. The number of nitrogens with zero attached hydrogens (tertiary/aromatic N) is 1. The highest BCUT2D eigenvalue weighted by molar-refractivity contribution is 4.93. The molecule has 2 saturated heterocycles. The summed E-state index contributed by atoms with van der Waals surface area (Å²) in [5.74, 6) is -1.23. The van der Waals surface area contributed by atoms with E-state index in [1.54, 1.807) is 0 Å². The minimum absolute atomic E-state index is 0.0531. The minimum Gasteiger partial charge on any atom is -0.394 e. The fraction of sp³-hybridized carbons (Fsp3) is 1.00. The van der Waals surface area contributed by atoms with E-state index in [-0.39, 0.29) is 39.6 Å². The van der Waals surface area contributed by atoms with Crippen molar-refractivity contribution in [1.29, 1.82) is 0 Å². The predicted octanol–water partition coefficient (Wildman–Crippen LogP) is -2.65. The van der Waals surface area contributed by atoms with Gasteiger partial charge in [0, 0.05) is 18.9 Å². The Balaban J connectivity index is 1.94. The Kier molecular flexibility index (Phi) is 12.9. The number of hydrogen-bond acceptors (Lipinski definition) is 11. The molecule has 2 rings (SSSR count). The average Bonchev–Trinajstić information content (AvgIpc) is 2.81. The molecule has 0 bridgehead atoms. The summed E-state index contributed by atoms with van der Waals surface area (Å²) >= 11 is 0. The van der Waals surface area contributed by atoms with Gasteiger partial charge in [0.1, 0.15) is 31.0 Å². The molecule has 0 aromatic heterocycles. The van der Waals surface area contributed by atoms with Crippen LogP contribution in [-0.4, -0.2) is 164 Å². The third kappa shape index (κ3) is 8.79. The highest BCUT2D eigenvalue weighted by Gasteiger charge is 2.46. The van der Waals surface area contributed by atoms with Crippen molar-refractivity contribution in [1.82, 2.24) is 0 Å². The van der Waals surface area contributed by atoms with E-state index in [1.807, 2.05) is 28.1 Å². The molecule has 0 saturated carbocycles. The van der Waals surface area contributed by atoms with Crippen LogP contribution in [0.3, 0.4) is 0 Å². The first-order valence-electron chi connectivity index (χ1n) is 12.7. The average molecular weight is 527 g/mol. The Labute approximate surface area is 213 Å². The summed E-state index contributed by atoms with van der Waals surface area (Å²) in [6, 6.07) is 0. The first kappa shape index (κ1) is 31.7. The quantitative estimate of drug-likeness (QED) is 0.131. The van der Waals surface area contributed by atoms with Crippen LogP contribution in [0.1, 0.15) is 13.3 Å². The lowest BCUT2D eigenvalue weighted by Gasteiger charge is -2.44. The van der Waals surface area contributed by atoms with Crippen molar-refractivity contribution in [3.8, 4) is 0 Å². The summed E-state index contributed by atoms with van der Waals surface area (Å²) in [6.45, 7) is 2.14. The maximum absolute atomic E-state index is 10.7. The smallest absolute Gasteiger partial charge is 0.126 e. The molecule has 0 amide bonds. The van der Waals surface area contributed by atoms with Crippen molar-refractivity contribution in [2.45, 2.75) is 68.3 Å². The van der Waals surface area contributed by atoms with Gasteiger partial charge in [0.25, 0.3) is 0 Å². The van der Waals surface area contributed by atoms with Crippen molar-refractivity contribution in [2.75, 3.05) is 74.4 Å². The summed E-state index contributed by atoms with van der Waals surface area (Å²) in [5, 5.41) is 62.1. The number of aliphatic hydroxyl groups is 6. The summed E-state index contributed by atoms with van der Waals surface area (Å²) in [7, 11) is 7.39. The molecule has 0 aromatic rings. The van der Waals surface area contributed by atoms with Gasteiger partial charge in [-0.2, -0.15) is 0 Å². The molecule has 11 atom stereocenters. The van der Waals surface area contributed by atoms with Crippen molar-refractivity contribution >= 4 is 0 Å². The molecular weight excluding hydrogens is 478 g/mol. The van der Waals surface area contributed by atoms with Gasteiger partial charge in [-0.25, -0.2) is 0 Å². The fourth-order valence-electron chi connectivity index (χ4n) is 4.94. The second-order valence-electron chi connectivity index (χ2n) is 11.0. The predicted molar refractivity (Wildman–Crippen MR) is 128 cm³/mol. The third-order valence-electron chi connectivity index (χ3n) is 6.88. The van der Waals surface area contributed by atoms with Gasteiger partial charge in [0.15, 0.2) is 0 Å². The zero-order valence-electron chi connectivity index (χ0n) is 22.2. The van der Waals surface area contributed by atoms with E-state index in [2.05, 4.69) is 0 Å². The summed E-state index contributed by atoms with van der Waals surface area (Å²) < 4.78 is 28.9. The van der Waals surface area contributed by atoms with Gasteiger partial charge in [0.2, 0.25) is 0 Å². The number of quaternary nitrogens is 1. The third-order valence-corrected chi connectivity index (χ3v) is 6.88. The molecule has 214 valence electrons. The minimum atomic E-state index is -1.25. The van der Waals surface area contributed by atoms with E-state index in [1.165, 1.54) is 7.11 Å². The molecule has 2 heterocycles. The van der Waals surface area contributed by atoms with E-state index in [0.717, 1.165) is 0 Å². The molecule has 6 N–H and O–H groups in total. The Hall–Kier alpha value is -0.480. The van der Waals surface area contributed by atoms with E-state index in [0.29, 0.717) is 17.4 Å². The second-order valence-corrected chi connectivity index (χ2v) is 11.0. The van der Waals surface area contributed by atoms with Crippen molar-refractivity contribution in [2.24, 2.45) is 11.8 Å². The maximum Gasteiger partial charge on any atom is 0.126 e. The Morgan fingerprint density at radius 3 is 1.86 bits per heavy atom. The standard InChI is InChI=1S/C24H48NO11/c1-6-17-23(30)22(29)16(18(8-26)35-17)11-34-13-20-24(31)21(28)15(10-32-5)19(36-20)12-33-9-14(27)7-25(2,3)4/h14-24,26-31H,6-13H2,1-5H3/q+1. The molecule has 2 aliphatic rings. The van der Waals surface area contributed by atoms with Gasteiger partial charge < -0.3 is 58.8 Å². The first-order chi connectivity index (χ1) is 16.9. The van der Waals surface area contributed by atoms with Gasteiger partial charge in [-0.3, -0.25) is 0 Å². The van der Waals surface area contributed by atoms with Crippen molar-refractivity contribution in [3.63, 3.8) is 0 Å². The SMILES string of the molecule is CCC1OC(CO)C(COCC2OC(COCC(O)C[N+](C)(C)C)C(COC)C(O)C2O)C(O)C1O. The number of likely N-dealkylation sites (N-methyl/N-ethyl adjacent to an activating group) is 1. The summed E-state index contributed by atoms with van der Waals surface area (Å²) in [6.07, 6.45) is -7.62. The largest absolute Gasteiger partial charge is 0.394 e. The van der Waals surface area contributed by atoms with E-state index >= 15 is 0 Å². The van der Waals surface area contributed by atoms with Gasteiger partial charge in [-0.05, 0) is 6.42 Å². The normalized spacial score (nSPS) is 38.8. The van der Waals surface area contributed by atoms with Gasteiger partial charge in [-0.15, -0.1) is 0 Å². The van der Waals surface area contributed by atoms with Gasteiger partial charge in [0.05, 0.1) is 91.3 Å². The van der Waals surface area contributed by atoms with Crippen molar-refractivity contribution in [3.05, 3.63) is 0 Å². The zero-order chi connectivity index (χ0) is 27.0. The van der Waals surface area contributed by atoms with Crippen LogP contribution >= 0.6 is 0 Å².